The molecule has 138 valence electrons. The number of fused-ring (bicyclic) bond motifs is 2. The summed E-state index contributed by atoms with van der Waals surface area (Å²) < 4.78 is 41.6. The molecule has 0 fully saturated rings. The fourth-order valence-corrected chi connectivity index (χ4v) is 4.06. The summed E-state index contributed by atoms with van der Waals surface area (Å²) in [6.45, 7) is 0.458. The van der Waals surface area contributed by atoms with Crippen LogP contribution in [0.5, 0.6) is 0 Å². The van der Waals surface area contributed by atoms with Crippen molar-refractivity contribution in [1.29, 1.82) is 0 Å². The summed E-state index contributed by atoms with van der Waals surface area (Å²) in [6, 6.07) is 4.11. The number of hydrogen-bond donors (Lipinski definition) is 0. The monoisotopic (exact) mass is 364 g/mol. The Morgan fingerprint density at radius 2 is 2.08 bits per heavy atom. The Balaban J connectivity index is 1.64. The van der Waals surface area contributed by atoms with Crippen molar-refractivity contribution in [3.8, 4) is 0 Å². The lowest BCUT2D eigenvalue weighted by Crippen LogP contribution is -2.42. The molecule has 1 aliphatic carbocycles. The van der Waals surface area contributed by atoms with Crippen molar-refractivity contribution in [2.24, 2.45) is 13.0 Å². The lowest BCUT2D eigenvalue weighted by Gasteiger charge is -2.34. The summed E-state index contributed by atoms with van der Waals surface area (Å²) in [4.78, 5) is 14.7. The van der Waals surface area contributed by atoms with Crippen molar-refractivity contribution in [1.82, 2.24) is 15.0 Å². The van der Waals surface area contributed by atoms with Crippen LogP contribution >= 0.6 is 0 Å². The second-order valence-corrected chi connectivity index (χ2v) is 6.94. The highest BCUT2D eigenvalue weighted by molar-refractivity contribution is 5.96. The van der Waals surface area contributed by atoms with Gasteiger partial charge in [-0.1, -0.05) is 11.3 Å². The summed E-state index contributed by atoms with van der Waals surface area (Å²) >= 11 is 0. The van der Waals surface area contributed by atoms with Gasteiger partial charge in [0.05, 0.1) is 17.0 Å². The normalized spacial score (nSPS) is 19.8. The first-order chi connectivity index (χ1) is 12.4. The first-order valence-electron chi connectivity index (χ1n) is 8.74. The van der Waals surface area contributed by atoms with Crippen LogP contribution in [0.15, 0.2) is 18.2 Å². The maximum absolute atomic E-state index is 13.3. The number of halogens is 3. The van der Waals surface area contributed by atoms with Gasteiger partial charge in [0.1, 0.15) is 0 Å². The smallest absolute Gasteiger partial charge is 0.312 e. The molecule has 0 saturated carbocycles. The summed E-state index contributed by atoms with van der Waals surface area (Å²) in [7, 11) is 1.80. The molecule has 26 heavy (non-hydrogen) atoms. The van der Waals surface area contributed by atoms with Gasteiger partial charge >= 0.3 is 6.18 Å². The minimum atomic E-state index is -4.41. The molecule has 2 aliphatic rings. The summed E-state index contributed by atoms with van der Waals surface area (Å²) in [6.07, 6.45) is -1.68. The third-order valence-electron chi connectivity index (χ3n) is 5.36. The Morgan fingerprint density at radius 1 is 1.27 bits per heavy atom. The van der Waals surface area contributed by atoms with Gasteiger partial charge < -0.3 is 4.90 Å². The number of alkyl halides is 3. The number of nitrogens with zero attached hydrogens (tertiary/aromatic N) is 4. The fraction of sp³-hybridized carbons (Fsp3) is 0.500. The molecule has 0 saturated heterocycles. The van der Waals surface area contributed by atoms with Gasteiger partial charge in [-0.2, -0.15) is 13.2 Å². The molecule has 1 amide bonds. The van der Waals surface area contributed by atoms with Gasteiger partial charge in [0.25, 0.3) is 0 Å². The molecule has 8 heteroatoms. The molecule has 0 N–H and O–H groups in total. The highest BCUT2D eigenvalue weighted by Gasteiger charge is 2.38. The van der Waals surface area contributed by atoms with Crippen LogP contribution in [0.25, 0.3) is 0 Å². The van der Waals surface area contributed by atoms with Crippen LogP contribution in [0, 0.1) is 5.92 Å². The maximum Gasteiger partial charge on any atom is 0.416 e. The molecule has 1 unspecified atom stereocenters. The van der Waals surface area contributed by atoms with Crippen molar-refractivity contribution in [2.75, 3.05) is 11.4 Å². The van der Waals surface area contributed by atoms with E-state index in [1.807, 2.05) is 0 Å². The first-order valence-corrected chi connectivity index (χ1v) is 8.74. The van der Waals surface area contributed by atoms with Crippen molar-refractivity contribution < 1.29 is 18.0 Å². The molecule has 2 aromatic rings. The molecule has 2 heterocycles. The van der Waals surface area contributed by atoms with E-state index in [-0.39, 0.29) is 17.4 Å². The topological polar surface area (TPSA) is 51.0 Å². The lowest BCUT2D eigenvalue weighted by atomic mass is 9.87. The van der Waals surface area contributed by atoms with E-state index in [9.17, 15) is 18.0 Å². The molecule has 0 spiro atoms. The highest BCUT2D eigenvalue weighted by Crippen LogP contribution is 2.39. The largest absolute Gasteiger partial charge is 0.416 e. The first kappa shape index (κ1) is 17.1. The van der Waals surface area contributed by atoms with E-state index in [1.54, 1.807) is 22.7 Å². The number of aromatic nitrogens is 3. The lowest BCUT2D eigenvalue weighted by molar-refractivity contribution is -0.138. The summed E-state index contributed by atoms with van der Waals surface area (Å²) in [5, 5.41) is 8.10. The van der Waals surface area contributed by atoms with E-state index in [0.29, 0.717) is 44.3 Å². The minimum absolute atomic E-state index is 0.0999. The zero-order valence-corrected chi connectivity index (χ0v) is 14.4. The zero-order chi connectivity index (χ0) is 18.5. The second-order valence-electron chi connectivity index (χ2n) is 6.94. The Bertz CT molecular complexity index is 859. The molecule has 1 aliphatic heterocycles. The van der Waals surface area contributed by atoms with Crippen LogP contribution in [0.4, 0.5) is 18.9 Å². The summed E-state index contributed by atoms with van der Waals surface area (Å²) in [5.41, 5.74) is 1.86. The van der Waals surface area contributed by atoms with E-state index in [2.05, 4.69) is 10.3 Å². The van der Waals surface area contributed by atoms with Crippen LogP contribution in [0.1, 0.15) is 35.4 Å². The fourth-order valence-electron chi connectivity index (χ4n) is 4.06. The average Bonchev–Trinajstić information content (AvgIpc) is 3.00. The zero-order valence-electron chi connectivity index (χ0n) is 14.4. The van der Waals surface area contributed by atoms with E-state index in [0.717, 1.165) is 17.5 Å². The Labute approximate surface area is 148 Å². The van der Waals surface area contributed by atoms with Gasteiger partial charge in [-0.25, -0.2) is 0 Å². The molecule has 0 radical (unpaired) electrons. The molecule has 1 atom stereocenters. The number of amides is 1. The van der Waals surface area contributed by atoms with Crippen molar-refractivity contribution in [2.45, 2.75) is 38.3 Å². The SMILES string of the molecule is Cn1nnc2c1CC(C(=O)N1CCCc3c1cccc3C(F)(F)F)CC2. The standard InChI is InChI=1S/C18H19F3N4O/c1-24-16-10-11(7-8-14(16)22-23-24)17(26)25-9-3-4-12-13(18(19,20)21)5-2-6-15(12)25/h2,5-6,11H,3-4,7-10H2,1H3. The second kappa shape index (κ2) is 6.10. The predicted molar refractivity (Wildman–Crippen MR) is 88.6 cm³/mol. The van der Waals surface area contributed by atoms with E-state index < -0.39 is 11.7 Å². The third kappa shape index (κ3) is 2.77. The number of anilines is 1. The van der Waals surface area contributed by atoms with Gasteiger partial charge in [-0.15, -0.1) is 5.10 Å². The van der Waals surface area contributed by atoms with Crippen LogP contribution in [-0.4, -0.2) is 27.4 Å². The Morgan fingerprint density at radius 3 is 2.85 bits per heavy atom. The molecular formula is C18H19F3N4O. The van der Waals surface area contributed by atoms with Crippen molar-refractivity contribution >= 4 is 11.6 Å². The Hall–Kier alpha value is -2.38. The quantitative estimate of drug-likeness (QED) is 0.782. The molecule has 1 aromatic heterocycles. The van der Waals surface area contributed by atoms with Crippen LogP contribution in [0.3, 0.4) is 0 Å². The summed E-state index contributed by atoms with van der Waals surface area (Å²) in [5.74, 6) is -0.350. The number of hydrogen-bond acceptors (Lipinski definition) is 3. The Kier molecular flexibility index (Phi) is 4.00. The van der Waals surface area contributed by atoms with Crippen LogP contribution in [-0.2, 0) is 37.3 Å². The number of carbonyl (C=O) groups is 1. The highest BCUT2D eigenvalue weighted by atomic mass is 19.4. The maximum atomic E-state index is 13.3. The molecular weight excluding hydrogens is 345 g/mol. The number of aryl methyl sites for hydroxylation is 2. The van der Waals surface area contributed by atoms with Crippen molar-refractivity contribution in [3.05, 3.63) is 40.7 Å². The van der Waals surface area contributed by atoms with Gasteiger partial charge in [0, 0.05) is 31.6 Å². The van der Waals surface area contributed by atoms with E-state index in [4.69, 9.17) is 0 Å². The van der Waals surface area contributed by atoms with Crippen LogP contribution in [0.2, 0.25) is 0 Å². The number of rotatable bonds is 1. The van der Waals surface area contributed by atoms with Gasteiger partial charge in [0.15, 0.2) is 0 Å². The molecule has 1 aromatic carbocycles. The molecule has 5 nitrogen and oxygen atoms in total. The van der Waals surface area contributed by atoms with Gasteiger partial charge in [-0.05, 0) is 43.4 Å². The molecule has 0 bridgehead atoms. The predicted octanol–water partition coefficient (Wildman–Crippen LogP) is 2.92. The van der Waals surface area contributed by atoms with Gasteiger partial charge in [-0.3, -0.25) is 9.48 Å². The molecule has 4 rings (SSSR count). The minimum Gasteiger partial charge on any atom is -0.312 e. The van der Waals surface area contributed by atoms with E-state index >= 15 is 0 Å². The number of benzene rings is 1. The average molecular weight is 364 g/mol. The number of carbonyl (C=O) groups excluding carboxylic acids is 1. The van der Waals surface area contributed by atoms with E-state index in [1.165, 1.54) is 6.07 Å². The van der Waals surface area contributed by atoms with Gasteiger partial charge in [0.2, 0.25) is 5.91 Å². The van der Waals surface area contributed by atoms with Crippen molar-refractivity contribution in [3.63, 3.8) is 0 Å². The van der Waals surface area contributed by atoms with Crippen LogP contribution < -0.4 is 4.90 Å². The third-order valence-corrected chi connectivity index (χ3v) is 5.36.